The Bertz CT molecular complexity index is 584. The molecule has 110 valence electrons. The van der Waals surface area contributed by atoms with Gasteiger partial charge in [0.05, 0.1) is 0 Å². The third kappa shape index (κ3) is 4.31. The smallest absolute Gasteiger partial charge is 0.269 e. The molecule has 2 aromatic rings. The highest BCUT2D eigenvalue weighted by Gasteiger charge is 2.09. The maximum atomic E-state index is 12.0. The van der Waals surface area contributed by atoms with Crippen molar-refractivity contribution in [2.75, 3.05) is 18.9 Å². The second kappa shape index (κ2) is 7.43. The molecule has 1 heterocycles. The van der Waals surface area contributed by atoms with Crippen LogP contribution in [0, 0.1) is 0 Å². The van der Waals surface area contributed by atoms with Gasteiger partial charge in [0.2, 0.25) is 0 Å². The van der Waals surface area contributed by atoms with Crippen LogP contribution in [-0.2, 0) is 0 Å². The molecule has 4 heteroatoms. The first kappa shape index (κ1) is 15.0. The molecule has 0 aliphatic carbocycles. The molecule has 0 saturated heterocycles. The van der Waals surface area contributed by atoms with E-state index >= 15 is 0 Å². The van der Waals surface area contributed by atoms with Gasteiger partial charge in [-0.25, -0.2) is 4.98 Å². The molecule has 1 unspecified atom stereocenters. The van der Waals surface area contributed by atoms with Gasteiger partial charge in [0.1, 0.15) is 11.5 Å². The van der Waals surface area contributed by atoms with Gasteiger partial charge in [0, 0.05) is 13.6 Å². The number of hydrogen-bond acceptors (Lipinski definition) is 3. The molecule has 2 N–H and O–H groups in total. The van der Waals surface area contributed by atoms with Gasteiger partial charge in [-0.3, -0.25) is 4.79 Å². The Labute approximate surface area is 125 Å². The third-order valence-electron chi connectivity index (χ3n) is 3.47. The van der Waals surface area contributed by atoms with Crippen molar-refractivity contribution in [3.63, 3.8) is 0 Å². The Morgan fingerprint density at radius 3 is 2.62 bits per heavy atom. The predicted octanol–water partition coefficient (Wildman–Crippen LogP) is 3.05. The second-order valence-corrected chi connectivity index (χ2v) is 5.01. The molecule has 0 fully saturated rings. The van der Waals surface area contributed by atoms with Crippen LogP contribution < -0.4 is 10.6 Å². The molecule has 1 atom stereocenters. The fraction of sp³-hybridized carbons (Fsp3) is 0.294. The van der Waals surface area contributed by atoms with Gasteiger partial charge in [0.15, 0.2) is 0 Å². The summed E-state index contributed by atoms with van der Waals surface area (Å²) in [5.74, 6) is 0.982. The zero-order valence-corrected chi connectivity index (χ0v) is 12.5. The second-order valence-electron chi connectivity index (χ2n) is 5.01. The van der Waals surface area contributed by atoms with Gasteiger partial charge >= 0.3 is 0 Å². The normalized spacial score (nSPS) is 11.7. The van der Waals surface area contributed by atoms with Gasteiger partial charge in [-0.15, -0.1) is 0 Å². The van der Waals surface area contributed by atoms with E-state index in [1.165, 1.54) is 5.56 Å². The summed E-state index contributed by atoms with van der Waals surface area (Å²) in [7, 11) is 1.78. The first-order chi connectivity index (χ1) is 10.2. The molecule has 21 heavy (non-hydrogen) atoms. The molecule has 4 nitrogen and oxygen atoms in total. The Kier molecular flexibility index (Phi) is 5.32. The van der Waals surface area contributed by atoms with E-state index in [2.05, 4.69) is 34.7 Å². The maximum absolute atomic E-state index is 12.0. The summed E-state index contributed by atoms with van der Waals surface area (Å²) in [6.45, 7) is 2.81. The lowest BCUT2D eigenvalue weighted by atomic mass is 9.98. The van der Waals surface area contributed by atoms with Crippen LogP contribution >= 0.6 is 0 Å². The van der Waals surface area contributed by atoms with Crippen LogP contribution in [0.4, 0.5) is 5.82 Å². The zero-order valence-electron chi connectivity index (χ0n) is 12.5. The highest BCUT2D eigenvalue weighted by atomic mass is 16.1. The molecule has 0 bridgehead atoms. The van der Waals surface area contributed by atoms with Crippen LogP contribution in [0.2, 0.25) is 0 Å². The lowest BCUT2D eigenvalue weighted by Crippen LogP contribution is -2.26. The zero-order chi connectivity index (χ0) is 15.1. The molecule has 2 rings (SSSR count). The number of pyridine rings is 1. The van der Waals surface area contributed by atoms with Crippen LogP contribution in [0.25, 0.3) is 0 Å². The SMILES string of the molecule is CNc1cccc(C(=O)NCCC(C)c2ccccc2)n1. The molecular weight excluding hydrogens is 262 g/mol. The summed E-state index contributed by atoms with van der Waals surface area (Å²) in [5.41, 5.74) is 1.73. The predicted molar refractivity (Wildman–Crippen MR) is 85.6 cm³/mol. The molecule has 0 saturated carbocycles. The molecule has 0 radical (unpaired) electrons. The molecule has 1 aromatic carbocycles. The van der Waals surface area contributed by atoms with Crippen LogP contribution in [0.15, 0.2) is 48.5 Å². The van der Waals surface area contributed by atoms with Gasteiger partial charge in [-0.2, -0.15) is 0 Å². The third-order valence-corrected chi connectivity index (χ3v) is 3.47. The van der Waals surface area contributed by atoms with E-state index in [0.717, 1.165) is 6.42 Å². The Morgan fingerprint density at radius 2 is 1.90 bits per heavy atom. The number of anilines is 1. The van der Waals surface area contributed by atoms with Gasteiger partial charge < -0.3 is 10.6 Å². The number of carbonyl (C=O) groups excluding carboxylic acids is 1. The number of nitrogens with one attached hydrogen (secondary N) is 2. The van der Waals surface area contributed by atoms with E-state index in [9.17, 15) is 4.79 Å². The summed E-state index contributed by atoms with van der Waals surface area (Å²) in [6, 6.07) is 15.7. The number of amides is 1. The molecule has 0 aliphatic heterocycles. The number of rotatable bonds is 6. The highest BCUT2D eigenvalue weighted by molar-refractivity contribution is 5.92. The number of benzene rings is 1. The average molecular weight is 283 g/mol. The van der Waals surface area contributed by atoms with Crippen molar-refractivity contribution >= 4 is 11.7 Å². The fourth-order valence-electron chi connectivity index (χ4n) is 2.14. The number of hydrogen-bond donors (Lipinski definition) is 2. The molecular formula is C17H21N3O. The quantitative estimate of drug-likeness (QED) is 0.856. The number of nitrogens with zero attached hydrogens (tertiary/aromatic N) is 1. The monoisotopic (exact) mass is 283 g/mol. The van der Waals surface area contributed by atoms with Gasteiger partial charge in [-0.05, 0) is 30.0 Å². The average Bonchev–Trinajstić information content (AvgIpc) is 2.55. The van der Waals surface area contributed by atoms with Gasteiger partial charge in [-0.1, -0.05) is 43.3 Å². The molecule has 0 spiro atoms. The van der Waals surface area contributed by atoms with E-state index in [-0.39, 0.29) is 5.91 Å². The van der Waals surface area contributed by atoms with Crippen LogP contribution in [0.3, 0.4) is 0 Å². The van der Waals surface area contributed by atoms with Crippen molar-refractivity contribution in [3.05, 3.63) is 59.8 Å². The molecule has 1 aromatic heterocycles. The van der Waals surface area contributed by atoms with Crippen molar-refractivity contribution in [3.8, 4) is 0 Å². The summed E-state index contributed by atoms with van der Waals surface area (Å²) in [5, 5.41) is 5.85. The number of carbonyl (C=O) groups is 1. The van der Waals surface area contributed by atoms with E-state index < -0.39 is 0 Å². The van der Waals surface area contributed by atoms with Crippen molar-refractivity contribution in [2.45, 2.75) is 19.3 Å². The molecule has 0 aliphatic rings. The Hall–Kier alpha value is -2.36. The van der Waals surface area contributed by atoms with E-state index in [0.29, 0.717) is 24.0 Å². The summed E-state index contributed by atoms with van der Waals surface area (Å²) in [4.78, 5) is 16.3. The van der Waals surface area contributed by atoms with Crippen LogP contribution in [0.1, 0.15) is 35.3 Å². The minimum atomic E-state index is -0.132. The van der Waals surface area contributed by atoms with Gasteiger partial charge in [0.25, 0.3) is 5.91 Å². The Morgan fingerprint density at radius 1 is 1.14 bits per heavy atom. The first-order valence-corrected chi connectivity index (χ1v) is 7.18. The van der Waals surface area contributed by atoms with Crippen molar-refractivity contribution < 1.29 is 4.79 Å². The van der Waals surface area contributed by atoms with Crippen LogP contribution in [0.5, 0.6) is 0 Å². The van der Waals surface area contributed by atoms with E-state index in [1.807, 2.05) is 30.3 Å². The lowest BCUT2D eigenvalue weighted by molar-refractivity contribution is 0.0948. The van der Waals surface area contributed by atoms with E-state index in [4.69, 9.17) is 0 Å². The minimum Gasteiger partial charge on any atom is -0.373 e. The summed E-state index contributed by atoms with van der Waals surface area (Å²) >= 11 is 0. The number of aromatic nitrogens is 1. The topological polar surface area (TPSA) is 54.0 Å². The van der Waals surface area contributed by atoms with Crippen molar-refractivity contribution in [1.82, 2.24) is 10.3 Å². The summed E-state index contributed by atoms with van der Waals surface area (Å²) < 4.78 is 0. The molecule has 1 amide bonds. The van der Waals surface area contributed by atoms with E-state index in [1.54, 1.807) is 13.1 Å². The highest BCUT2D eigenvalue weighted by Crippen LogP contribution is 2.17. The van der Waals surface area contributed by atoms with Crippen molar-refractivity contribution in [1.29, 1.82) is 0 Å². The Balaban J connectivity index is 1.84. The minimum absolute atomic E-state index is 0.132. The first-order valence-electron chi connectivity index (χ1n) is 7.18. The maximum Gasteiger partial charge on any atom is 0.269 e. The standard InChI is InChI=1S/C17H21N3O/c1-13(14-7-4-3-5-8-14)11-12-19-17(21)15-9-6-10-16(18-2)20-15/h3-10,13H,11-12H2,1-2H3,(H,18,20)(H,19,21). The fourth-order valence-corrected chi connectivity index (χ4v) is 2.14. The van der Waals surface area contributed by atoms with Crippen LogP contribution in [-0.4, -0.2) is 24.5 Å². The van der Waals surface area contributed by atoms with Crippen molar-refractivity contribution in [2.24, 2.45) is 0 Å². The summed E-state index contributed by atoms with van der Waals surface area (Å²) in [6.07, 6.45) is 0.904. The largest absolute Gasteiger partial charge is 0.373 e. The lowest BCUT2D eigenvalue weighted by Gasteiger charge is -2.12.